The Labute approximate surface area is 177 Å². The van der Waals surface area contributed by atoms with Crippen LogP contribution in [0.2, 0.25) is 0 Å². The Morgan fingerprint density at radius 1 is 0.690 bits per heavy atom. The van der Waals surface area contributed by atoms with Crippen molar-refractivity contribution in [1.82, 2.24) is 5.32 Å². The molecule has 0 aromatic heterocycles. The Balaban J connectivity index is 2.25. The first-order valence-electron chi connectivity index (χ1n) is 11.3. The molecule has 3 rings (SSSR count). The molecule has 0 radical (unpaired) electrons. The molecule has 2 heteroatoms. The number of aliphatic imine (C=N–C) groups is 1. The Morgan fingerprint density at radius 3 is 1.52 bits per heavy atom. The number of rotatable bonds is 6. The Bertz CT molecular complexity index is 835. The van der Waals surface area contributed by atoms with E-state index in [0.717, 1.165) is 0 Å². The summed E-state index contributed by atoms with van der Waals surface area (Å²) in [5, 5.41) is 3.74. The molecule has 1 unspecified atom stereocenters. The van der Waals surface area contributed by atoms with Crippen LogP contribution in [-0.4, -0.2) is 12.4 Å². The summed E-state index contributed by atoms with van der Waals surface area (Å²) in [6.45, 7) is 19.1. The number of benzene rings is 2. The number of nitrogens with zero attached hydrogens (tertiary/aromatic N) is 1. The first-order chi connectivity index (χ1) is 13.7. The zero-order valence-electron chi connectivity index (χ0n) is 19.5. The molecule has 0 amide bonds. The van der Waals surface area contributed by atoms with Crippen LogP contribution in [0.5, 0.6) is 0 Å². The fraction of sp³-hybridized carbons (Fsp3) is 0.519. The minimum Gasteiger partial charge on any atom is -0.286 e. The molecular formula is C27H38N2. The van der Waals surface area contributed by atoms with Gasteiger partial charge in [0.05, 0.1) is 18.4 Å². The van der Waals surface area contributed by atoms with Crippen LogP contribution >= 0.6 is 0 Å². The van der Waals surface area contributed by atoms with Crippen molar-refractivity contribution in [2.45, 2.75) is 85.1 Å². The van der Waals surface area contributed by atoms with Crippen LogP contribution in [0.25, 0.3) is 0 Å². The van der Waals surface area contributed by atoms with Crippen molar-refractivity contribution in [2.75, 3.05) is 6.67 Å². The van der Waals surface area contributed by atoms with E-state index in [0.29, 0.717) is 30.3 Å². The van der Waals surface area contributed by atoms with Crippen molar-refractivity contribution in [2.24, 2.45) is 4.99 Å². The van der Waals surface area contributed by atoms with Crippen LogP contribution in [0, 0.1) is 0 Å². The first kappa shape index (κ1) is 21.8. The normalized spacial score (nSPS) is 17.1. The number of nitrogens with one attached hydrogen (secondary N) is 1. The van der Waals surface area contributed by atoms with Crippen molar-refractivity contribution >= 4 is 5.71 Å². The molecule has 0 bridgehead atoms. The lowest BCUT2D eigenvalue weighted by Gasteiger charge is -2.28. The van der Waals surface area contributed by atoms with Crippen molar-refractivity contribution in [1.29, 1.82) is 0 Å². The third kappa shape index (κ3) is 4.19. The van der Waals surface area contributed by atoms with Crippen molar-refractivity contribution < 1.29 is 0 Å². The van der Waals surface area contributed by atoms with E-state index in [-0.39, 0.29) is 6.04 Å². The molecular weight excluding hydrogens is 352 g/mol. The lowest BCUT2D eigenvalue weighted by molar-refractivity contribution is 0.680. The molecule has 2 aromatic carbocycles. The monoisotopic (exact) mass is 390 g/mol. The summed E-state index contributed by atoms with van der Waals surface area (Å²) < 4.78 is 0. The SMILES string of the molecule is CC(C)c1cccc(C(C)C)c1C1=NCNC1c1c(C(C)C)cccc1C(C)C. The minimum absolute atomic E-state index is 0.156. The predicted octanol–water partition coefficient (Wildman–Crippen LogP) is 7.27. The van der Waals surface area contributed by atoms with Crippen LogP contribution < -0.4 is 5.32 Å². The highest BCUT2D eigenvalue weighted by atomic mass is 15.1. The van der Waals surface area contributed by atoms with Gasteiger partial charge in [-0.1, -0.05) is 91.8 Å². The fourth-order valence-corrected chi connectivity index (χ4v) is 4.66. The van der Waals surface area contributed by atoms with Gasteiger partial charge >= 0.3 is 0 Å². The van der Waals surface area contributed by atoms with Crippen LogP contribution in [-0.2, 0) is 0 Å². The molecule has 1 aliphatic heterocycles. The summed E-state index contributed by atoms with van der Waals surface area (Å²) in [7, 11) is 0. The van der Waals surface area contributed by atoms with Gasteiger partial charge in [-0.15, -0.1) is 0 Å². The van der Waals surface area contributed by atoms with E-state index in [1.165, 1.54) is 39.1 Å². The van der Waals surface area contributed by atoms with Crippen molar-refractivity contribution in [3.63, 3.8) is 0 Å². The van der Waals surface area contributed by atoms with E-state index in [4.69, 9.17) is 4.99 Å². The van der Waals surface area contributed by atoms with E-state index in [1.54, 1.807) is 0 Å². The molecule has 0 saturated carbocycles. The highest BCUT2D eigenvalue weighted by Crippen LogP contribution is 2.38. The summed E-state index contributed by atoms with van der Waals surface area (Å²) in [5.41, 5.74) is 9.76. The largest absolute Gasteiger partial charge is 0.286 e. The average molecular weight is 391 g/mol. The second-order valence-electron chi connectivity index (χ2n) is 9.62. The number of hydrogen-bond donors (Lipinski definition) is 1. The maximum Gasteiger partial charge on any atom is 0.0896 e. The summed E-state index contributed by atoms with van der Waals surface area (Å²) >= 11 is 0. The molecule has 1 heterocycles. The molecule has 0 aliphatic carbocycles. The van der Waals surface area contributed by atoms with Crippen molar-refractivity contribution in [3.8, 4) is 0 Å². The lowest BCUT2D eigenvalue weighted by atomic mass is 9.79. The summed E-state index contributed by atoms with van der Waals surface area (Å²) in [6.07, 6.45) is 0. The van der Waals surface area contributed by atoms with Gasteiger partial charge in [0, 0.05) is 5.56 Å². The average Bonchev–Trinajstić information content (AvgIpc) is 3.15. The van der Waals surface area contributed by atoms with Gasteiger partial charge in [0.1, 0.15) is 0 Å². The summed E-state index contributed by atoms with van der Waals surface area (Å²) in [5.74, 6) is 1.91. The Kier molecular flexibility index (Phi) is 6.63. The standard InChI is InChI=1S/C27H38N2/c1-16(2)20-11-9-12-21(17(3)4)24(20)26-27(29-15-28-26)25-22(18(5)6)13-10-14-23(25)19(7)8/h9-14,16-19,26,28H,15H2,1-8H3. The van der Waals surface area contributed by atoms with Crippen LogP contribution in [0.1, 0.15) is 118 Å². The van der Waals surface area contributed by atoms with Crippen molar-refractivity contribution in [3.05, 3.63) is 69.8 Å². The predicted molar refractivity (Wildman–Crippen MR) is 127 cm³/mol. The third-order valence-electron chi connectivity index (χ3n) is 6.15. The van der Waals surface area contributed by atoms with Gasteiger partial charge < -0.3 is 0 Å². The zero-order chi connectivity index (χ0) is 21.3. The van der Waals surface area contributed by atoms with Gasteiger partial charge in [-0.05, 0) is 51.5 Å². The van der Waals surface area contributed by atoms with E-state index in [2.05, 4.69) is 97.1 Å². The minimum atomic E-state index is 0.156. The van der Waals surface area contributed by atoms with E-state index < -0.39 is 0 Å². The van der Waals surface area contributed by atoms with Crippen LogP contribution in [0.3, 0.4) is 0 Å². The first-order valence-corrected chi connectivity index (χ1v) is 11.3. The fourth-order valence-electron chi connectivity index (χ4n) is 4.66. The lowest BCUT2D eigenvalue weighted by Crippen LogP contribution is -2.27. The highest BCUT2D eigenvalue weighted by molar-refractivity contribution is 6.08. The molecule has 0 saturated heterocycles. The second-order valence-corrected chi connectivity index (χ2v) is 9.62. The third-order valence-corrected chi connectivity index (χ3v) is 6.15. The quantitative estimate of drug-likeness (QED) is 0.551. The molecule has 1 aliphatic rings. The topological polar surface area (TPSA) is 24.4 Å². The van der Waals surface area contributed by atoms with Gasteiger partial charge in [-0.25, -0.2) is 0 Å². The van der Waals surface area contributed by atoms with Gasteiger partial charge in [-0.3, -0.25) is 10.3 Å². The summed E-state index contributed by atoms with van der Waals surface area (Å²) in [4.78, 5) is 5.06. The molecule has 2 nitrogen and oxygen atoms in total. The van der Waals surface area contributed by atoms with Gasteiger partial charge in [0.2, 0.25) is 0 Å². The molecule has 0 fully saturated rings. The van der Waals surface area contributed by atoms with Crippen LogP contribution in [0.4, 0.5) is 0 Å². The highest BCUT2D eigenvalue weighted by Gasteiger charge is 2.32. The molecule has 1 atom stereocenters. The zero-order valence-corrected chi connectivity index (χ0v) is 19.5. The van der Waals surface area contributed by atoms with Gasteiger partial charge in [-0.2, -0.15) is 0 Å². The van der Waals surface area contributed by atoms with E-state index in [9.17, 15) is 0 Å². The molecule has 156 valence electrons. The summed E-state index contributed by atoms with van der Waals surface area (Å²) in [6, 6.07) is 13.8. The Morgan fingerprint density at radius 2 is 1.10 bits per heavy atom. The second kappa shape index (κ2) is 8.83. The van der Waals surface area contributed by atoms with Gasteiger partial charge in [0.15, 0.2) is 0 Å². The van der Waals surface area contributed by atoms with Crippen LogP contribution in [0.15, 0.2) is 41.4 Å². The Hall–Kier alpha value is -1.93. The van der Waals surface area contributed by atoms with Gasteiger partial charge in [0.25, 0.3) is 0 Å². The van der Waals surface area contributed by atoms with E-state index >= 15 is 0 Å². The molecule has 2 aromatic rings. The molecule has 1 N–H and O–H groups in total. The maximum atomic E-state index is 5.06. The van der Waals surface area contributed by atoms with E-state index in [1.807, 2.05) is 0 Å². The molecule has 0 spiro atoms. The maximum absolute atomic E-state index is 5.06. The number of hydrogen-bond acceptors (Lipinski definition) is 2. The molecule has 29 heavy (non-hydrogen) atoms. The smallest absolute Gasteiger partial charge is 0.0896 e.